The molecule has 0 amide bonds. The Morgan fingerprint density at radius 1 is 0.857 bits per heavy atom. The second-order valence-electron chi connectivity index (χ2n) is 6.60. The lowest BCUT2D eigenvalue weighted by Crippen LogP contribution is -2.25. The molecule has 28 heavy (non-hydrogen) atoms. The molecule has 160 valence electrons. The van der Waals surface area contributed by atoms with E-state index in [0.717, 1.165) is 44.9 Å². The second kappa shape index (κ2) is 20.1. The lowest BCUT2D eigenvalue weighted by atomic mass is 10.1. The molecule has 0 fully saturated rings. The van der Waals surface area contributed by atoms with Gasteiger partial charge in [0.25, 0.3) is 0 Å². The highest BCUT2D eigenvalue weighted by atomic mass is 16.6. The Balaban J connectivity index is 3.58. The van der Waals surface area contributed by atoms with Gasteiger partial charge in [0, 0.05) is 6.42 Å². The number of aliphatic hydroxyl groups is 3. The molecule has 0 aliphatic heterocycles. The van der Waals surface area contributed by atoms with Crippen LogP contribution in [0.1, 0.15) is 64.7 Å². The first-order chi connectivity index (χ1) is 13.6. The first-order valence-electron chi connectivity index (χ1n) is 10.3. The molecule has 0 radical (unpaired) electrons. The van der Waals surface area contributed by atoms with Crippen molar-refractivity contribution >= 4 is 5.97 Å². The molecular formula is C23H38O5. The second-order valence-corrected chi connectivity index (χ2v) is 6.60. The molecule has 0 saturated heterocycles. The summed E-state index contributed by atoms with van der Waals surface area (Å²) in [7, 11) is 0. The summed E-state index contributed by atoms with van der Waals surface area (Å²) in [6, 6.07) is 0. The minimum atomic E-state index is -0.807. The van der Waals surface area contributed by atoms with E-state index < -0.39 is 6.10 Å². The molecule has 0 saturated carbocycles. The van der Waals surface area contributed by atoms with Gasteiger partial charge in [0.2, 0.25) is 0 Å². The van der Waals surface area contributed by atoms with Crippen molar-refractivity contribution < 1.29 is 24.9 Å². The van der Waals surface area contributed by atoms with Crippen molar-refractivity contribution in [2.75, 3.05) is 13.2 Å². The predicted molar refractivity (Wildman–Crippen MR) is 114 cm³/mol. The lowest BCUT2D eigenvalue weighted by Gasteiger charge is -2.11. The number of rotatable bonds is 17. The fraction of sp³-hybridized carbons (Fsp3) is 0.609. The minimum Gasteiger partial charge on any atom is -0.457 e. The van der Waals surface area contributed by atoms with Gasteiger partial charge in [-0.25, -0.2) is 0 Å². The van der Waals surface area contributed by atoms with Crippen LogP contribution in [0.3, 0.4) is 0 Å². The first-order valence-corrected chi connectivity index (χ1v) is 10.3. The van der Waals surface area contributed by atoms with E-state index in [-0.39, 0.29) is 31.7 Å². The Labute approximate surface area is 170 Å². The fourth-order valence-electron chi connectivity index (χ4n) is 2.28. The number of unbranched alkanes of at least 4 members (excludes halogenated alkanes) is 1. The molecule has 0 aliphatic rings. The average molecular weight is 395 g/mol. The number of ether oxygens (including phenoxy) is 1. The van der Waals surface area contributed by atoms with E-state index in [4.69, 9.17) is 14.9 Å². The zero-order chi connectivity index (χ0) is 20.9. The number of hydrogen-bond donors (Lipinski definition) is 3. The van der Waals surface area contributed by atoms with Crippen molar-refractivity contribution in [3.8, 4) is 0 Å². The van der Waals surface area contributed by atoms with Gasteiger partial charge in [0.05, 0.1) is 19.3 Å². The summed E-state index contributed by atoms with van der Waals surface area (Å²) in [6.45, 7) is 1.28. The van der Waals surface area contributed by atoms with Crippen molar-refractivity contribution in [3.05, 3.63) is 48.6 Å². The molecule has 0 unspecified atom stereocenters. The monoisotopic (exact) mass is 394 g/mol. The molecular weight excluding hydrogens is 356 g/mol. The van der Waals surface area contributed by atoms with Crippen LogP contribution in [0.5, 0.6) is 0 Å². The van der Waals surface area contributed by atoms with E-state index in [0.29, 0.717) is 6.42 Å². The fourth-order valence-corrected chi connectivity index (χ4v) is 2.28. The summed E-state index contributed by atoms with van der Waals surface area (Å²) in [5, 5.41) is 27.1. The minimum absolute atomic E-state index is 0.174. The lowest BCUT2D eigenvalue weighted by molar-refractivity contribution is -0.153. The Bertz CT molecular complexity index is 475. The highest BCUT2D eigenvalue weighted by molar-refractivity contribution is 5.69. The Morgan fingerprint density at radius 2 is 1.36 bits per heavy atom. The zero-order valence-corrected chi connectivity index (χ0v) is 17.2. The highest BCUT2D eigenvalue weighted by Gasteiger charge is 2.11. The number of carbonyl (C=O) groups excluding carboxylic acids is 1. The smallest absolute Gasteiger partial charge is 0.306 e. The molecule has 0 heterocycles. The summed E-state index contributed by atoms with van der Waals surface area (Å²) < 4.78 is 4.89. The quantitative estimate of drug-likeness (QED) is 0.197. The van der Waals surface area contributed by atoms with Crippen LogP contribution >= 0.6 is 0 Å². The van der Waals surface area contributed by atoms with Crippen LogP contribution in [-0.2, 0) is 9.53 Å². The van der Waals surface area contributed by atoms with Gasteiger partial charge in [-0.05, 0) is 51.4 Å². The van der Waals surface area contributed by atoms with Crippen LogP contribution in [0.15, 0.2) is 48.6 Å². The number of hydrogen-bond acceptors (Lipinski definition) is 5. The molecule has 0 spiro atoms. The Kier molecular flexibility index (Phi) is 18.8. The normalized spacial score (nSPS) is 13.6. The van der Waals surface area contributed by atoms with Crippen LogP contribution in [0.2, 0.25) is 0 Å². The van der Waals surface area contributed by atoms with E-state index in [2.05, 4.69) is 42.5 Å². The Morgan fingerprint density at radius 3 is 1.86 bits per heavy atom. The molecule has 1 atom stereocenters. The van der Waals surface area contributed by atoms with Crippen LogP contribution < -0.4 is 0 Å². The molecule has 0 aromatic carbocycles. The van der Waals surface area contributed by atoms with Crippen molar-refractivity contribution in [3.63, 3.8) is 0 Å². The maximum Gasteiger partial charge on any atom is 0.306 e. The third kappa shape index (κ3) is 17.7. The maximum absolute atomic E-state index is 11.4. The highest BCUT2D eigenvalue weighted by Crippen LogP contribution is 2.03. The SMILES string of the molecule is CC[C@@H](O)CC/C=C\C/C=C\C/C=C\C/C=C\CCCC(=O)OC(CO)CO. The van der Waals surface area contributed by atoms with Gasteiger partial charge in [-0.3, -0.25) is 4.79 Å². The van der Waals surface area contributed by atoms with E-state index in [1.807, 2.05) is 13.0 Å². The predicted octanol–water partition coefficient (Wildman–Crippen LogP) is 4.00. The molecule has 0 aromatic heterocycles. The topological polar surface area (TPSA) is 87.0 Å². The number of aliphatic hydroxyl groups excluding tert-OH is 3. The summed E-state index contributed by atoms with van der Waals surface area (Å²) in [6.07, 6.45) is 23.0. The van der Waals surface area contributed by atoms with Crippen LogP contribution in [0, 0.1) is 0 Å². The molecule has 0 bridgehead atoms. The van der Waals surface area contributed by atoms with E-state index >= 15 is 0 Å². The largest absolute Gasteiger partial charge is 0.457 e. The van der Waals surface area contributed by atoms with Crippen molar-refractivity contribution in [1.82, 2.24) is 0 Å². The van der Waals surface area contributed by atoms with Crippen molar-refractivity contribution in [2.45, 2.75) is 76.9 Å². The van der Waals surface area contributed by atoms with E-state index in [1.54, 1.807) is 0 Å². The zero-order valence-electron chi connectivity index (χ0n) is 17.2. The molecule has 0 aliphatic carbocycles. The third-order valence-electron chi connectivity index (χ3n) is 4.08. The summed E-state index contributed by atoms with van der Waals surface area (Å²) in [4.78, 5) is 11.4. The van der Waals surface area contributed by atoms with Crippen molar-refractivity contribution in [1.29, 1.82) is 0 Å². The third-order valence-corrected chi connectivity index (χ3v) is 4.08. The van der Waals surface area contributed by atoms with Gasteiger partial charge < -0.3 is 20.1 Å². The molecule has 0 aromatic rings. The molecule has 3 N–H and O–H groups in total. The average Bonchev–Trinajstić information content (AvgIpc) is 2.71. The van der Waals surface area contributed by atoms with Gasteiger partial charge in [0.15, 0.2) is 0 Å². The van der Waals surface area contributed by atoms with E-state index in [9.17, 15) is 9.90 Å². The Hall–Kier alpha value is -1.69. The molecule has 5 heteroatoms. The molecule has 5 nitrogen and oxygen atoms in total. The standard InChI is InChI=1S/C23H38O5/c1-2-21(26)17-15-13-11-9-7-5-3-4-6-8-10-12-14-16-18-23(27)28-22(19-24)20-25/h4-7,10-13,21-22,24-26H,2-3,8-9,14-20H2,1H3/b6-4-,7-5-,12-10-,13-11-/t21-/m1/s1. The van der Waals surface area contributed by atoms with Gasteiger partial charge in [-0.2, -0.15) is 0 Å². The van der Waals surface area contributed by atoms with Crippen LogP contribution in [0.25, 0.3) is 0 Å². The van der Waals surface area contributed by atoms with Gasteiger partial charge >= 0.3 is 5.97 Å². The van der Waals surface area contributed by atoms with Gasteiger partial charge in [0.1, 0.15) is 6.10 Å². The maximum atomic E-state index is 11.4. The molecule has 0 rings (SSSR count). The number of esters is 1. The number of carbonyl (C=O) groups is 1. The van der Waals surface area contributed by atoms with Gasteiger partial charge in [-0.1, -0.05) is 55.5 Å². The van der Waals surface area contributed by atoms with E-state index in [1.165, 1.54) is 0 Å². The summed E-state index contributed by atoms with van der Waals surface area (Å²) in [5.41, 5.74) is 0. The van der Waals surface area contributed by atoms with Crippen molar-refractivity contribution in [2.24, 2.45) is 0 Å². The van der Waals surface area contributed by atoms with Crippen LogP contribution in [-0.4, -0.2) is 46.7 Å². The summed E-state index contributed by atoms with van der Waals surface area (Å²) in [5.74, 6) is -0.387. The van der Waals surface area contributed by atoms with Gasteiger partial charge in [-0.15, -0.1) is 0 Å². The first kappa shape index (κ1) is 26.3. The summed E-state index contributed by atoms with van der Waals surface area (Å²) >= 11 is 0. The number of allylic oxidation sites excluding steroid dienone is 8. The van der Waals surface area contributed by atoms with Crippen LogP contribution in [0.4, 0.5) is 0 Å².